The molecule has 0 aromatic heterocycles. The number of rotatable bonds is 8. The highest BCUT2D eigenvalue weighted by atomic mass is 32.3. The maximum Gasteiger partial charge on any atom is 0.337 e. The van der Waals surface area contributed by atoms with Crippen LogP contribution in [0.3, 0.4) is 0 Å². The number of carboxylic acid groups (broad SMARTS) is 1. The first-order chi connectivity index (χ1) is 11.9. The highest BCUT2D eigenvalue weighted by Crippen LogP contribution is 2.60. The molecule has 5 nitrogen and oxygen atoms in total. The first kappa shape index (κ1) is 22.4. The van der Waals surface area contributed by atoms with Gasteiger partial charge in [-0.15, -0.1) is 0 Å². The summed E-state index contributed by atoms with van der Waals surface area (Å²) in [5.41, 5.74) is 0.337. The third-order valence-electron chi connectivity index (χ3n) is 4.45. The average Bonchev–Trinajstić information content (AvgIpc) is 2.51. The topological polar surface area (TPSA) is 75.6 Å². The van der Waals surface area contributed by atoms with Crippen LogP contribution in [0.25, 0.3) is 0 Å². The standard InChI is InChI=1S/C20H33NO4S/c1-12(2)19(22)21-18-11-16(9-10-17(18)20(23)24)25-26(13(3)4,14(5)6)15(7)8/h9-15H,1-8H3,(H,21,22)(H,23,24). The van der Waals surface area contributed by atoms with Gasteiger partial charge in [-0.2, -0.15) is 0 Å². The van der Waals surface area contributed by atoms with Gasteiger partial charge in [0.25, 0.3) is 0 Å². The van der Waals surface area contributed by atoms with Crippen LogP contribution in [0.5, 0.6) is 5.75 Å². The fourth-order valence-corrected chi connectivity index (χ4v) is 7.51. The largest absolute Gasteiger partial charge is 0.478 e. The molecule has 26 heavy (non-hydrogen) atoms. The van der Waals surface area contributed by atoms with Gasteiger partial charge in [-0.05, 0) is 12.1 Å². The Hall–Kier alpha value is -1.69. The number of aromatic carboxylic acids is 1. The van der Waals surface area contributed by atoms with Gasteiger partial charge < -0.3 is 14.6 Å². The molecular weight excluding hydrogens is 350 g/mol. The third-order valence-corrected chi connectivity index (χ3v) is 9.36. The Kier molecular flexibility index (Phi) is 7.57. The van der Waals surface area contributed by atoms with Crippen molar-refractivity contribution in [3.8, 4) is 5.75 Å². The van der Waals surface area contributed by atoms with E-state index in [1.165, 1.54) is 6.07 Å². The highest BCUT2D eigenvalue weighted by molar-refractivity contribution is 8.31. The maximum atomic E-state index is 12.1. The summed E-state index contributed by atoms with van der Waals surface area (Å²) in [7, 11) is -1.45. The van der Waals surface area contributed by atoms with E-state index in [2.05, 4.69) is 46.9 Å². The first-order valence-electron chi connectivity index (χ1n) is 9.11. The van der Waals surface area contributed by atoms with Crippen LogP contribution in [0.2, 0.25) is 0 Å². The molecule has 1 aromatic rings. The summed E-state index contributed by atoms with van der Waals surface area (Å²) in [5, 5.41) is 13.2. The number of anilines is 1. The molecule has 148 valence electrons. The Labute approximate surface area is 159 Å². The van der Waals surface area contributed by atoms with Gasteiger partial charge in [-0.1, -0.05) is 65.7 Å². The van der Waals surface area contributed by atoms with Gasteiger partial charge in [0.2, 0.25) is 5.91 Å². The molecule has 1 amide bonds. The molecule has 0 heterocycles. The Morgan fingerprint density at radius 2 is 1.46 bits per heavy atom. The average molecular weight is 384 g/mol. The zero-order valence-corrected chi connectivity index (χ0v) is 17.9. The van der Waals surface area contributed by atoms with E-state index in [0.717, 1.165) is 0 Å². The lowest BCUT2D eigenvalue weighted by atomic mass is 10.1. The molecule has 0 atom stereocenters. The van der Waals surface area contributed by atoms with E-state index in [0.29, 0.717) is 21.5 Å². The number of nitrogens with one attached hydrogen (secondary N) is 1. The van der Waals surface area contributed by atoms with Gasteiger partial charge in [0, 0.05) is 27.7 Å². The third kappa shape index (κ3) is 4.72. The van der Waals surface area contributed by atoms with E-state index >= 15 is 0 Å². The van der Waals surface area contributed by atoms with Crippen LogP contribution in [0.1, 0.15) is 65.7 Å². The highest BCUT2D eigenvalue weighted by Gasteiger charge is 2.37. The summed E-state index contributed by atoms with van der Waals surface area (Å²) in [6.07, 6.45) is 0. The van der Waals surface area contributed by atoms with E-state index in [4.69, 9.17) is 4.18 Å². The lowest BCUT2D eigenvalue weighted by Crippen LogP contribution is -2.33. The van der Waals surface area contributed by atoms with Gasteiger partial charge in [-0.3, -0.25) is 4.79 Å². The van der Waals surface area contributed by atoms with Crippen LogP contribution in [-0.4, -0.2) is 32.7 Å². The number of carbonyl (C=O) groups excluding carboxylic acids is 1. The van der Waals surface area contributed by atoms with Crippen molar-refractivity contribution in [2.24, 2.45) is 5.92 Å². The van der Waals surface area contributed by atoms with E-state index in [9.17, 15) is 14.7 Å². The number of amides is 1. The van der Waals surface area contributed by atoms with Gasteiger partial charge in [0.1, 0.15) is 5.75 Å². The zero-order valence-electron chi connectivity index (χ0n) is 17.1. The van der Waals surface area contributed by atoms with E-state index in [1.807, 2.05) is 0 Å². The van der Waals surface area contributed by atoms with E-state index in [-0.39, 0.29) is 23.1 Å². The first-order valence-corrected chi connectivity index (χ1v) is 10.9. The van der Waals surface area contributed by atoms with Crippen LogP contribution in [0.15, 0.2) is 18.2 Å². The lowest BCUT2D eigenvalue weighted by molar-refractivity contribution is -0.118. The van der Waals surface area contributed by atoms with Crippen molar-refractivity contribution in [2.45, 2.75) is 71.1 Å². The Bertz CT molecular complexity index is 631. The van der Waals surface area contributed by atoms with Crippen LogP contribution in [0, 0.1) is 5.92 Å². The lowest BCUT2D eigenvalue weighted by Gasteiger charge is -2.50. The predicted molar refractivity (Wildman–Crippen MR) is 110 cm³/mol. The fourth-order valence-electron chi connectivity index (χ4n) is 3.23. The minimum absolute atomic E-state index is 0.0607. The smallest absolute Gasteiger partial charge is 0.337 e. The number of carbonyl (C=O) groups is 2. The second-order valence-corrected chi connectivity index (χ2v) is 12.0. The molecule has 0 saturated heterocycles. The zero-order chi connectivity index (χ0) is 20.2. The summed E-state index contributed by atoms with van der Waals surface area (Å²) in [5.74, 6) is -0.946. The predicted octanol–water partition coefficient (Wildman–Crippen LogP) is 5.30. The van der Waals surface area contributed by atoms with Crippen molar-refractivity contribution in [1.29, 1.82) is 0 Å². The molecule has 0 aliphatic carbocycles. The van der Waals surface area contributed by atoms with Crippen LogP contribution in [-0.2, 0) is 4.79 Å². The normalized spacial score (nSPS) is 12.8. The second-order valence-electron chi connectivity index (χ2n) is 7.58. The summed E-state index contributed by atoms with van der Waals surface area (Å²) in [6, 6.07) is 4.82. The molecule has 2 N–H and O–H groups in total. The van der Waals surface area contributed by atoms with Gasteiger partial charge in [0.05, 0.1) is 11.3 Å². The van der Waals surface area contributed by atoms with Crippen molar-refractivity contribution >= 4 is 27.9 Å². The second kappa shape index (κ2) is 8.80. The van der Waals surface area contributed by atoms with Crippen molar-refractivity contribution < 1.29 is 18.9 Å². The molecule has 0 saturated carbocycles. The molecule has 1 aromatic carbocycles. The molecule has 0 aliphatic heterocycles. The summed E-state index contributed by atoms with van der Waals surface area (Å²) >= 11 is 0. The Morgan fingerprint density at radius 1 is 0.962 bits per heavy atom. The van der Waals surface area contributed by atoms with Crippen molar-refractivity contribution in [1.82, 2.24) is 0 Å². The molecule has 0 fully saturated rings. The van der Waals surface area contributed by atoms with Crippen LogP contribution >= 0.6 is 10.3 Å². The van der Waals surface area contributed by atoms with Gasteiger partial charge in [0.15, 0.2) is 0 Å². The number of benzene rings is 1. The monoisotopic (exact) mass is 383 g/mol. The summed E-state index contributed by atoms with van der Waals surface area (Å²) < 4.78 is 6.54. The molecule has 1 rings (SSSR count). The molecule has 0 radical (unpaired) electrons. The molecule has 0 bridgehead atoms. The quantitative estimate of drug-likeness (QED) is 0.638. The number of carboxylic acids is 1. The molecule has 0 spiro atoms. The molecule has 0 aliphatic rings. The van der Waals surface area contributed by atoms with E-state index in [1.54, 1.807) is 26.0 Å². The summed E-state index contributed by atoms with van der Waals surface area (Å²) in [4.78, 5) is 23.6. The van der Waals surface area contributed by atoms with Gasteiger partial charge in [-0.25, -0.2) is 4.79 Å². The minimum Gasteiger partial charge on any atom is -0.478 e. The molecular formula is C20H33NO4S. The van der Waals surface area contributed by atoms with Gasteiger partial charge >= 0.3 is 5.97 Å². The Balaban J connectivity index is 3.36. The fraction of sp³-hybridized carbons (Fsp3) is 0.600. The number of hydrogen-bond acceptors (Lipinski definition) is 3. The SMILES string of the molecule is CC(C)C(=O)Nc1cc(OS(C(C)C)(C(C)C)C(C)C)ccc1C(=O)O. The van der Waals surface area contributed by atoms with Crippen molar-refractivity contribution in [3.63, 3.8) is 0 Å². The maximum absolute atomic E-state index is 12.1. The van der Waals surface area contributed by atoms with Crippen molar-refractivity contribution in [3.05, 3.63) is 23.8 Å². The molecule has 6 heteroatoms. The number of hydrogen-bond donors (Lipinski definition) is 2. The summed E-state index contributed by atoms with van der Waals surface area (Å²) in [6.45, 7) is 16.5. The molecule has 0 unspecified atom stereocenters. The van der Waals surface area contributed by atoms with Crippen LogP contribution in [0.4, 0.5) is 5.69 Å². The van der Waals surface area contributed by atoms with Crippen LogP contribution < -0.4 is 9.50 Å². The Morgan fingerprint density at radius 3 is 1.85 bits per heavy atom. The van der Waals surface area contributed by atoms with E-state index < -0.39 is 16.3 Å². The van der Waals surface area contributed by atoms with Crippen molar-refractivity contribution in [2.75, 3.05) is 5.32 Å². The minimum atomic E-state index is -1.45.